The first-order valence-corrected chi connectivity index (χ1v) is 15.7. The summed E-state index contributed by atoms with van der Waals surface area (Å²) < 4.78 is 7.80. The molecule has 226 valence electrons. The summed E-state index contributed by atoms with van der Waals surface area (Å²) in [5.74, 6) is 0.687. The molecule has 0 saturated carbocycles. The third-order valence-corrected chi connectivity index (χ3v) is 9.28. The van der Waals surface area contributed by atoms with Gasteiger partial charge in [-0.2, -0.15) is 0 Å². The third kappa shape index (κ3) is 5.58. The number of aryl methyl sites for hydroxylation is 2. The molecule has 9 heteroatoms. The monoisotopic (exact) mass is 589 g/mol. The molecule has 44 heavy (non-hydrogen) atoms. The summed E-state index contributed by atoms with van der Waals surface area (Å²) >= 11 is 0. The van der Waals surface area contributed by atoms with Crippen molar-refractivity contribution < 1.29 is 4.74 Å². The number of pyridine rings is 1. The van der Waals surface area contributed by atoms with Crippen LogP contribution < -0.4 is 5.56 Å². The van der Waals surface area contributed by atoms with Crippen molar-refractivity contribution >= 4 is 10.9 Å². The minimum atomic E-state index is -0.395. The zero-order chi connectivity index (χ0) is 30.0. The zero-order valence-electron chi connectivity index (χ0n) is 25.4. The number of H-pyrrole nitrogens is 1. The fourth-order valence-corrected chi connectivity index (χ4v) is 6.95. The average molecular weight is 590 g/mol. The lowest BCUT2D eigenvalue weighted by Gasteiger charge is -2.42. The van der Waals surface area contributed by atoms with Crippen molar-refractivity contribution in [1.82, 2.24) is 35.0 Å². The molecular formula is C35H39N7O2. The number of nitrogens with one attached hydrogen (secondary N) is 1. The van der Waals surface area contributed by atoms with E-state index in [4.69, 9.17) is 4.74 Å². The van der Waals surface area contributed by atoms with Crippen LogP contribution in [0.4, 0.5) is 0 Å². The summed E-state index contributed by atoms with van der Waals surface area (Å²) in [6, 6.07) is 27.4. The van der Waals surface area contributed by atoms with E-state index >= 15 is 0 Å². The van der Waals surface area contributed by atoms with Crippen molar-refractivity contribution in [2.45, 2.75) is 51.4 Å². The first-order chi connectivity index (χ1) is 21.6. The number of benzene rings is 3. The van der Waals surface area contributed by atoms with E-state index in [2.05, 4.69) is 116 Å². The Kier molecular flexibility index (Phi) is 8.08. The highest BCUT2D eigenvalue weighted by molar-refractivity contribution is 5.85. The van der Waals surface area contributed by atoms with Crippen LogP contribution in [-0.2, 0) is 11.3 Å². The Bertz CT molecular complexity index is 1730. The van der Waals surface area contributed by atoms with Crippen LogP contribution in [0.1, 0.15) is 58.6 Å². The maximum atomic E-state index is 13.9. The van der Waals surface area contributed by atoms with Gasteiger partial charge in [-0.3, -0.25) is 14.6 Å². The fourth-order valence-electron chi connectivity index (χ4n) is 6.95. The highest BCUT2D eigenvalue weighted by atomic mass is 16.5. The second kappa shape index (κ2) is 12.4. The van der Waals surface area contributed by atoms with Crippen LogP contribution in [0.2, 0.25) is 0 Å². The number of ether oxygens (including phenoxy) is 1. The van der Waals surface area contributed by atoms with E-state index in [9.17, 15) is 4.79 Å². The van der Waals surface area contributed by atoms with E-state index in [1.165, 1.54) is 11.1 Å². The summed E-state index contributed by atoms with van der Waals surface area (Å²) in [4.78, 5) is 22.0. The van der Waals surface area contributed by atoms with Crippen LogP contribution in [0.5, 0.6) is 0 Å². The summed E-state index contributed by atoms with van der Waals surface area (Å²) in [5, 5.41) is 14.1. The van der Waals surface area contributed by atoms with Gasteiger partial charge in [0, 0.05) is 43.7 Å². The molecule has 4 heterocycles. The Balaban J connectivity index is 1.25. The Morgan fingerprint density at radius 3 is 2.14 bits per heavy atom. The quantitative estimate of drug-likeness (QED) is 0.278. The van der Waals surface area contributed by atoms with Crippen molar-refractivity contribution in [3.63, 3.8) is 0 Å². The van der Waals surface area contributed by atoms with Crippen molar-refractivity contribution in [3.8, 4) is 0 Å². The number of hydrogen-bond donors (Lipinski definition) is 1. The Morgan fingerprint density at radius 1 is 0.864 bits per heavy atom. The second-order valence-electron chi connectivity index (χ2n) is 12.1. The van der Waals surface area contributed by atoms with Crippen LogP contribution >= 0.6 is 0 Å². The van der Waals surface area contributed by atoms with Crippen LogP contribution in [0.3, 0.4) is 0 Å². The first-order valence-electron chi connectivity index (χ1n) is 15.7. The number of hydrogen-bond acceptors (Lipinski definition) is 7. The highest BCUT2D eigenvalue weighted by Crippen LogP contribution is 2.33. The Labute approximate surface area is 257 Å². The minimum Gasteiger partial charge on any atom is -0.376 e. The van der Waals surface area contributed by atoms with Gasteiger partial charge >= 0.3 is 0 Å². The van der Waals surface area contributed by atoms with Crippen LogP contribution in [0.15, 0.2) is 83.7 Å². The number of tetrazole rings is 1. The van der Waals surface area contributed by atoms with Crippen LogP contribution in [0.25, 0.3) is 10.9 Å². The van der Waals surface area contributed by atoms with Gasteiger partial charge in [0.1, 0.15) is 6.04 Å². The topological polar surface area (TPSA) is 92.2 Å². The predicted molar refractivity (Wildman–Crippen MR) is 171 cm³/mol. The van der Waals surface area contributed by atoms with Gasteiger partial charge in [0.15, 0.2) is 5.82 Å². The molecule has 5 aromatic rings. The van der Waals surface area contributed by atoms with E-state index in [0.717, 1.165) is 67.7 Å². The minimum absolute atomic E-state index is 0.0760. The Morgan fingerprint density at radius 2 is 1.50 bits per heavy atom. The van der Waals surface area contributed by atoms with Gasteiger partial charge in [-0.1, -0.05) is 72.8 Å². The summed E-state index contributed by atoms with van der Waals surface area (Å²) in [6.45, 7) is 8.66. The molecule has 2 fully saturated rings. The number of aromatic amines is 1. The first kappa shape index (κ1) is 28.6. The van der Waals surface area contributed by atoms with E-state index in [-0.39, 0.29) is 17.7 Å². The van der Waals surface area contributed by atoms with Gasteiger partial charge < -0.3 is 9.72 Å². The molecule has 9 nitrogen and oxygen atoms in total. The number of piperazine rings is 1. The lowest BCUT2D eigenvalue weighted by molar-refractivity contribution is 0.0778. The number of fused-ring (bicyclic) bond motifs is 1. The van der Waals surface area contributed by atoms with Gasteiger partial charge in [0.2, 0.25) is 0 Å². The van der Waals surface area contributed by atoms with E-state index in [1.54, 1.807) is 0 Å². The molecule has 0 bridgehead atoms. The van der Waals surface area contributed by atoms with Gasteiger partial charge in [-0.15, -0.1) is 5.10 Å². The molecule has 0 unspecified atom stereocenters. The molecule has 0 spiro atoms. The van der Waals surface area contributed by atoms with Crippen molar-refractivity contribution in [2.24, 2.45) is 0 Å². The smallest absolute Gasteiger partial charge is 0.253 e. The van der Waals surface area contributed by atoms with E-state index < -0.39 is 6.04 Å². The van der Waals surface area contributed by atoms with Gasteiger partial charge in [-0.05, 0) is 65.4 Å². The second-order valence-corrected chi connectivity index (χ2v) is 12.1. The Hall–Kier alpha value is -4.18. The largest absolute Gasteiger partial charge is 0.376 e. The van der Waals surface area contributed by atoms with Crippen LogP contribution in [0, 0.1) is 13.8 Å². The molecule has 1 N–H and O–H groups in total. The predicted octanol–water partition coefficient (Wildman–Crippen LogP) is 4.81. The molecule has 0 radical (unpaired) electrons. The molecule has 2 aromatic heterocycles. The summed E-state index contributed by atoms with van der Waals surface area (Å²) in [7, 11) is 0. The number of aromatic nitrogens is 5. The van der Waals surface area contributed by atoms with Crippen molar-refractivity contribution in [2.75, 3.05) is 32.8 Å². The molecular weight excluding hydrogens is 550 g/mol. The molecule has 2 saturated heterocycles. The third-order valence-electron chi connectivity index (χ3n) is 9.28. The SMILES string of the molecule is Cc1ccc(C)c2[nH]c(=O)c([C@H](c3nnnn3C[C@H]3CCCO3)N3CCN(C(c4ccccc4)c4ccccc4)CC3)cc12. The van der Waals surface area contributed by atoms with Gasteiger partial charge in [-0.25, -0.2) is 4.68 Å². The highest BCUT2D eigenvalue weighted by Gasteiger charge is 2.35. The molecule has 7 rings (SSSR count). The maximum Gasteiger partial charge on any atom is 0.253 e. The van der Waals surface area contributed by atoms with Crippen molar-refractivity contribution in [3.05, 3.63) is 123 Å². The normalized spacial score (nSPS) is 18.8. The molecule has 3 aromatic carbocycles. The standard InChI is InChI=1S/C35H39N7O2/c1-24-15-16-25(2)31-29(24)22-30(35(43)36-31)33(34-37-38-39-42(34)23-28-14-9-21-44-28)41-19-17-40(18-20-41)32(26-10-5-3-6-11-26)27-12-7-4-8-13-27/h3-8,10-13,15-16,22,28,32-33H,9,14,17-21,23H2,1-2H3,(H,36,43)/t28-,33-/m1/s1. The lowest BCUT2D eigenvalue weighted by atomic mass is 9.95. The number of nitrogens with zero attached hydrogens (tertiary/aromatic N) is 6. The maximum absolute atomic E-state index is 13.9. The summed E-state index contributed by atoms with van der Waals surface area (Å²) in [5.41, 5.74) is 6.19. The lowest BCUT2D eigenvalue weighted by Crippen LogP contribution is -2.50. The number of rotatable bonds is 8. The van der Waals surface area contributed by atoms with Gasteiger partial charge in [0.05, 0.1) is 24.2 Å². The van der Waals surface area contributed by atoms with Crippen molar-refractivity contribution in [1.29, 1.82) is 0 Å². The van der Waals surface area contributed by atoms with Crippen LogP contribution in [-0.4, -0.2) is 73.9 Å². The summed E-state index contributed by atoms with van der Waals surface area (Å²) in [6.07, 6.45) is 2.10. The van der Waals surface area contributed by atoms with Gasteiger partial charge in [0.25, 0.3) is 5.56 Å². The average Bonchev–Trinajstić information content (AvgIpc) is 3.75. The molecule has 0 amide bonds. The van der Waals surface area contributed by atoms with E-state index in [1.807, 2.05) is 11.6 Å². The molecule has 2 aliphatic rings. The molecule has 0 aliphatic carbocycles. The molecule has 2 aliphatic heterocycles. The van der Waals surface area contributed by atoms with E-state index in [0.29, 0.717) is 17.9 Å². The zero-order valence-corrected chi connectivity index (χ0v) is 25.4. The fraction of sp³-hybridized carbons (Fsp3) is 0.371. The molecule has 2 atom stereocenters.